The van der Waals surface area contributed by atoms with E-state index >= 15 is 0 Å². The van der Waals surface area contributed by atoms with Crippen molar-refractivity contribution in [2.45, 2.75) is 51.7 Å². The summed E-state index contributed by atoms with van der Waals surface area (Å²) in [6, 6.07) is 32.7. The molecule has 0 amide bonds. The molecule has 3 nitrogen and oxygen atoms in total. The van der Waals surface area contributed by atoms with Crippen molar-refractivity contribution in [1.29, 1.82) is 0 Å². The molecule has 0 spiro atoms. The maximum atomic E-state index is 6.44. The Morgan fingerprint density at radius 3 is 2.21 bits per heavy atom. The molecule has 1 fully saturated rings. The Labute approximate surface area is 246 Å². The van der Waals surface area contributed by atoms with Gasteiger partial charge in [0.25, 0.3) is 0 Å². The van der Waals surface area contributed by atoms with Gasteiger partial charge in [-0.1, -0.05) is 78.9 Å². The number of hydrogen-bond donors (Lipinski definition) is 0. The standard InChI is InChI=1S/C38H33BO3/c1-37(2)38(3,4)42-39(41-37)33-14-9-15-35-36(33)32-22-26(20-21-34(32)40-35)24-16-18-25(19-17-24)31-23-27-10-5-6-11-28(27)29-12-7-8-13-30(29)31/h5-6,8-11,13-23H,7,12H2,1-4H3. The Morgan fingerprint density at radius 2 is 1.40 bits per heavy atom. The summed E-state index contributed by atoms with van der Waals surface area (Å²) in [6.07, 6.45) is 6.80. The molecule has 1 aromatic heterocycles. The predicted octanol–water partition coefficient (Wildman–Crippen LogP) is 9.33. The first-order valence-corrected chi connectivity index (χ1v) is 14.9. The lowest BCUT2D eigenvalue weighted by Crippen LogP contribution is -2.41. The van der Waals surface area contributed by atoms with E-state index in [9.17, 15) is 0 Å². The van der Waals surface area contributed by atoms with Crippen LogP contribution in [0.15, 0.2) is 101 Å². The second-order valence-corrected chi connectivity index (χ2v) is 12.7. The van der Waals surface area contributed by atoms with Gasteiger partial charge in [0.15, 0.2) is 0 Å². The van der Waals surface area contributed by atoms with Crippen LogP contribution in [0.3, 0.4) is 0 Å². The number of fused-ring (bicyclic) bond motifs is 6. The molecule has 4 heteroatoms. The molecule has 0 saturated carbocycles. The monoisotopic (exact) mass is 548 g/mol. The van der Waals surface area contributed by atoms with Crippen LogP contribution in [0.2, 0.25) is 0 Å². The van der Waals surface area contributed by atoms with Crippen LogP contribution in [-0.4, -0.2) is 18.3 Å². The van der Waals surface area contributed by atoms with Crippen molar-refractivity contribution in [3.05, 3.63) is 108 Å². The van der Waals surface area contributed by atoms with Crippen LogP contribution in [0, 0.1) is 0 Å². The van der Waals surface area contributed by atoms with Crippen molar-refractivity contribution in [2.24, 2.45) is 0 Å². The van der Waals surface area contributed by atoms with Crippen LogP contribution in [0.1, 0.15) is 45.2 Å². The summed E-state index contributed by atoms with van der Waals surface area (Å²) < 4.78 is 19.2. The minimum absolute atomic E-state index is 0.410. The molecule has 0 unspecified atom stereocenters. The van der Waals surface area contributed by atoms with Gasteiger partial charge in [0, 0.05) is 10.8 Å². The van der Waals surface area contributed by atoms with Crippen molar-refractivity contribution < 1.29 is 13.7 Å². The highest BCUT2D eigenvalue weighted by Gasteiger charge is 2.52. The normalized spacial score (nSPS) is 17.4. The molecule has 2 heterocycles. The second-order valence-electron chi connectivity index (χ2n) is 12.7. The van der Waals surface area contributed by atoms with Crippen LogP contribution in [0.5, 0.6) is 0 Å². The van der Waals surface area contributed by atoms with Gasteiger partial charge in [-0.05, 0) is 114 Å². The molecule has 8 rings (SSSR count). The van der Waals surface area contributed by atoms with Crippen LogP contribution >= 0.6 is 0 Å². The fraction of sp³-hybridized carbons (Fsp3) is 0.211. The first kappa shape index (κ1) is 25.6. The Kier molecular flexibility index (Phi) is 5.60. The average molecular weight is 548 g/mol. The van der Waals surface area contributed by atoms with Gasteiger partial charge in [0.2, 0.25) is 0 Å². The Bertz CT molecular complexity index is 2030. The molecule has 206 valence electrons. The van der Waals surface area contributed by atoms with Crippen LogP contribution in [0.25, 0.3) is 61.0 Å². The highest BCUT2D eigenvalue weighted by atomic mass is 16.7. The number of aryl methyl sites for hydroxylation is 1. The van der Waals surface area contributed by atoms with E-state index in [2.05, 4.69) is 119 Å². The molecule has 1 saturated heterocycles. The minimum atomic E-state index is -0.454. The molecular weight excluding hydrogens is 515 g/mol. The molecule has 0 N–H and O–H groups in total. The van der Waals surface area contributed by atoms with Crippen molar-refractivity contribution in [1.82, 2.24) is 0 Å². The van der Waals surface area contributed by atoms with Crippen LogP contribution in [-0.2, 0) is 15.7 Å². The fourth-order valence-corrected chi connectivity index (χ4v) is 6.61. The summed E-state index contributed by atoms with van der Waals surface area (Å²) in [7, 11) is -0.454. The van der Waals surface area contributed by atoms with Gasteiger partial charge in [0.1, 0.15) is 11.2 Å². The SMILES string of the molecule is CC1(C)OB(c2cccc3oc4ccc(-c5ccc(-c6cc7ccccc7c7c6C=CCC7)cc5)cc4c23)OC1(C)C. The second kappa shape index (κ2) is 9.19. The highest BCUT2D eigenvalue weighted by molar-refractivity contribution is 6.66. The third kappa shape index (κ3) is 3.90. The molecular formula is C38H33BO3. The van der Waals surface area contributed by atoms with E-state index in [1.165, 1.54) is 38.6 Å². The number of benzene rings is 5. The first-order valence-electron chi connectivity index (χ1n) is 14.9. The van der Waals surface area contributed by atoms with Crippen molar-refractivity contribution in [3.8, 4) is 22.3 Å². The Morgan fingerprint density at radius 1 is 0.667 bits per heavy atom. The van der Waals surface area contributed by atoms with E-state index < -0.39 is 18.3 Å². The van der Waals surface area contributed by atoms with Crippen molar-refractivity contribution >= 4 is 51.4 Å². The summed E-state index contributed by atoms with van der Waals surface area (Å²) in [6.45, 7) is 8.36. The minimum Gasteiger partial charge on any atom is -0.456 e. The van der Waals surface area contributed by atoms with E-state index in [-0.39, 0.29) is 0 Å². The predicted molar refractivity (Wildman–Crippen MR) is 175 cm³/mol. The third-order valence-corrected chi connectivity index (χ3v) is 9.61. The van der Waals surface area contributed by atoms with Gasteiger partial charge >= 0.3 is 7.12 Å². The lowest BCUT2D eigenvalue weighted by molar-refractivity contribution is 0.00578. The van der Waals surface area contributed by atoms with E-state index in [0.717, 1.165) is 45.8 Å². The first-order chi connectivity index (χ1) is 20.3. The van der Waals surface area contributed by atoms with Gasteiger partial charge in [-0.3, -0.25) is 0 Å². The smallest absolute Gasteiger partial charge is 0.456 e. The molecule has 1 aliphatic carbocycles. The average Bonchev–Trinajstić information content (AvgIpc) is 3.48. The molecule has 6 aromatic rings. The third-order valence-electron chi connectivity index (χ3n) is 9.61. The lowest BCUT2D eigenvalue weighted by Gasteiger charge is -2.32. The Hall–Kier alpha value is -4.12. The maximum Gasteiger partial charge on any atom is 0.495 e. The zero-order valence-electron chi connectivity index (χ0n) is 24.5. The van der Waals surface area contributed by atoms with E-state index in [0.29, 0.717) is 0 Å². The van der Waals surface area contributed by atoms with Crippen LogP contribution in [0.4, 0.5) is 0 Å². The number of rotatable bonds is 3. The molecule has 42 heavy (non-hydrogen) atoms. The quantitative estimate of drug-likeness (QED) is 0.207. The van der Waals surface area contributed by atoms with Crippen LogP contribution < -0.4 is 5.46 Å². The molecule has 5 aromatic carbocycles. The Balaban J connectivity index is 1.21. The fourth-order valence-electron chi connectivity index (χ4n) is 6.61. The molecule has 0 atom stereocenters. The highest BCUT2D eigenvalue weighted by Crippen LogP contribution is 2.40. The largest absolute Gasteiger partial charge is 0.495 e. The summed E-state index contributed by atoms with van der Waals surface area (Å²) >= 11 is 0. The molecule has 1 aliphatic heterocycles. The summed E-state index contributed by atoms with van der Waals surface area (Å²) in [5.41, 5.74) is 9.58. The van der Waals surface area contributed by atoms with Gasteiger partial charge in [-0.2, -0.15) is 0 Å². The molecule has 0 radical (unpaired) electrons. The maximum absolute atomic E-state index is 6.44. The van der Waals surface area contributed by atoms with E-state index in [4.69, 9.17) is 13.7 Å². The van der Waals surface area contributed by atoms with Gasteiger partial charge in [-0.25, -0.2) is 0 Å². The number of allylic oxidation sites excluding steroid dienone is 1. The van der Waals surface area contributed by atoms with E-state index in [1.54, 1.807) is 0 Å². The molecule has 0 bridgehead atoms. The van der Waals surface area contributed by atoms with Crippen molar-refractivity contribution in [3.63, 3.8) is 0 Å². The van der Waals surface area contributed by atoms with Gasteiger partial charge in [-0.15, -0.1) is 0 Å². The summed E-state index contributed by atoms with van der Waals surface area (Å²) in [5.74, 6) is 0. The zero-order valence-corrected chi connectivity index (χ0v) is 24.5. The molecule has 2 aliphatic rings. The zero-order chi connectivity index (χ0) is 28.6. The summed E-state index contributed by atoms with van der Waals surface area (Å²) in [5, 5.41) is 4.81. The van der Waals surface area contributed by atoms with Gasteiger partial charge in [0.05, 0.1) is 11.2 Å². The van der Waals surface area contributed by atoms with Crippen molar-refractivity contribution in [2.75, 3.05) is 0 Å². The lowest BCUT2D eigenvalue weighted by atomic mass is 9.76. The van der Waals surface area contributed by atoms with E-state index in [1.807, 2.05) is 12.1 Å². The number of furan rings is 1. The summed E-state index contributed by atoms with van der Waals surface area (Å²) in [4.78, 5) is 0. The topological polar surface area (TPSA) is 31.6 Å². The number of hydrogen-bond acceptors (Lipinski definition) is 3. The van der Waals surface area contributed by atoms with Gasteiger partial charge < -0.3 is 13.7 Å².